The molecule has 1 saturated heterocycles. The number of aromatic nitrogens is 2. The Morgan fingerprint density at radius 2 is 2.33 bits per heavy atom. The molecule has 118 valence electrons. The van der Waals surface area contributed by atoms with Crippen molar-refractivity contribution in [3.8, 4) is 0 Å². The molecule has 1 aliphatic heterocycles. The summed E-state index contributed by atoms with van der Waals surface area (Å²) in [6.45, 7) is 5.16. The van der Waals surface area contributed by atoms with Crippen molar-refractivity contribution in [2.45, 2.75) is 26.3 Å². The van der Waals surface area contributed by atoms with E-state index in [4.69, 9.17) is 0 Å². The Morgan fingerprint density at radius 1 is 1.48 bits per heavy atom. The van der Waals surface area contributed by atoms with Crippen LogP contribution in [-0.2, 0) is 16.8 Å². The Morgan fingerprint density at radius 3 is 3.05 bits per heavy atom. The van der Waals surface area contributed by atoms with Gasteiger partial charge in [-0.3, -0.25) is 0 Å². The summed E-state index contributed by atoms with van der Waals surface area (Å²) in [7, 11) is -3.45. The monoisotopic (exact) mass is 313 g/mol. The fraction of sp³-hybridized carbons (Fsp3) is 0.692. The number of rotatable bonds is 7. The van der Waals surface area contributed by atoms with Gasteiger partial charge in [0, 0.05) is 19.3 Å². The van der Waals surface area contributed by atoms with Crippen molar-refractivity contribution in [2.75, 3.05) is 26.2 Å². The zero-order valence-electron chi connectivity index (χ0n) is 12.3. The summed E-state index contributed by atoms with van der Waals surface area (Å²) in [6, 6.07) is 3.49. The Bertz CT molecular complexity index is 523. The molecule has 0 amide bonds. The third-order valence-electron chi connectivity index (χ3n) is 3.57. The van der Waals surface area contributed by atoms with Crippen LogP contribution in [0.15, 0.2) is 18.3 Å². The van der Waals surface area contributed by atoms with Crippen LogP contribution in [0.4, 0.5) is 0 Å². The van der Waals surface area contributed by atoms with E-state index in [1.807, 2.05) is 0 Å². The first-order valence-electron chi connectivity index (χ1n) is 7.34. The molecule has 1 aromatic rings. The average Bonchev–Trinajstić information content (AvgIpc) is 2.52. The van der Waals surface area contributed by atoms with Gasteiger partial charge in [0.25, 0.3) is 10.2 Å². The zero-order chi connectivity index (χ0) is 15.1. The van der Waals surface area contributed by atoms with Gasteiger partial charge >= 0.3 is 0 Å². The third-order valence-corrected chi connectivity index (χ3v) is 5.09. The Labute approximate surface area is 126 Å². The lowest BCUT2D eigenvalue weighted by molar-refractivity contribution is 0.258. The van der Waals surface area contributed by atoms with Crippen LogP contribution in [0.1, 0.15) is 25.5 Å². The molecule has 0 saturated carbocycles. The minimum Gasteiger partial charge on any atom is -0.317 e. The lowest BCUT2D eigenvalue weighted by Crippen LogP contribution is -2.47. The summed E-state index contributed by atoms with van der Waals surface area (Å²) in [4.78, 5) is 0. The van der Waals surface area contributed by atoms with Crippen molar-refractivity contribution < 1.29 is 8.42 Å². The van der Waals surface area contributed by atoms with Crippen molar-refractivity contribution >= 4 is 10.2 Å². The van der Waals surface area contributed by atoms with E-state index in [2.05, 4.69) is 27.2 Å². The smallest absolute Gasteiger partial charge is 0.279 e. The van der Waals surface area contributed by atoms with Crippen molar-refractivity contribution in [3.05, 3.63) is 24.0 Å². The van der Waals surface area contributed by atoms with Crippen LogP contribution in [0.3, 0.4) is 0 Å². The average molecular weight is 313 g/mol. The second-order valence-electron chi connectivity index (χ2n) is 5.22. The summed E-state index contributed by atoms with van der Waals surface area (Å²) in [5.74, 6) is 0.381. The normalized spacial score (nSPS) is 20.5. The van der Waals surface area contributed by atoms with Crippen LogP contribution in [0.2, 0.25) is 0 Å². The molecule has 2 N–H and O–H groups in total. The molecular weight excluding hydrogens is 290 g/mol. The number of piperidine rings is 1. The van der Waals surface area contributed by atoms with Crippen LogP contribution in [0.5, 0.6) is 0 Å². The summed E-state index contributed by atoms with van der Waals surface area (Å²) in [5, 5.41) is 10.9. The predicted molar refractivity (Wildman–Crippen MR) is 80.6 cm³/mol. The van der Waals surface area contributed by atoms with Crippen LogP contribution in [0.25, 0.3) is 0 Å². The van der Waals surface area contributed by atoms with Gasteiger partial charge in [0.2, 0.25) is 0 Å². The lowest BCUT2D eigenvalue weighted by Gasteiger charge is -2.31. The minimum absolute atomic E-state index is 0.171. The van der Waals surface area contributed by atoms with E-state index in [9.17, 15) is 8.42 Å². The highest BCUT2D eigenvalue weighted by Crippen LogP contribution is 2.18. The molecule has 2 rings (SSSR count). The summed E-state index contributed by atoms with van der Waals surface area (Å²) < 4.78 is 28.8. The second-order valence-corrected chi connectivity index (χ2v) is 6.97. The van der Waals surface area contributed by atoms with Gasteiger partial charge in [-0.1, -0.05) is 6.92 Å². The molecule has 2 heterocycles. The molecule has 0 spiro atoms. The maximum Gasteiger partial charge on any atom is 0.279 e. The summed E-state index contributed by atoms with van der Waals surface area (Å²) in [5.41, 5.74) is 0.613. The fourth-order valence-corrected chi connectivity index (χ4v) is 3.73. The number of hydrogen-bond acceptors (Lipinski definition) is 5. The molecule has 1 atom stereocenters. The number of nitrogens with one attached hydrogen (secondary N) is 2. The Kier molecular flexibility index (Phi) is 6.04. The molecule has 0 radical (unpaired) electrons. The number of hydrogen-bond donors (Lipinski definition) is 2. The SMILES string of the molecule is CCNCC1CCCN(S(=O)(=O)NCc2cccnn2)C1. The first-order valence-corrected chi connectivity index (χ1v) is 8.78. The fourth-order valence-electron chi connectivity index (χ4n) is 2.44. The van der Waals surface area contributed by atoms with E-state index in [1.165, 1.54) is 4.31 Å². The van der Waals surface area contributed by atoms with Crippen LogP contribution < -0.4 is 10.0 Å². The van der Waals surface area contributed by atoms with Crippen LogP contribution in [-0.4, -0.2) is 49.1 Å². The van der Waals surface area contributed by atoms with Crippen LogP contribution >= 0.6 is 0 Å². The van der Waals surface area contributed by atoms with Gasteiger partial charge in [0.05, 0.1) is 12.2 Å². The molecule has 0 aromatic carbocycles. The molecule has 0 aliphatic carbocycles. The number of nitrogens with zero attached hydrogens (tertiary/aromatic N) is 3. The quantitative estimate of drug-likeness (QED) is 0.747. The van der Waals surface area contributed by atoms with E-state index in [0.29, 0.717) is 24.7 Å². The molecule has 1 aromatic heterocycles. The van der Waals surface area contributed by atoms with Crippen molar-refractivity contribution in [3.63, 3.8) is 0 Å². The molecule has 7 nitrogen and oxygen atoms in total. The van der Waals surface area contributed by atoms with E-state index < -0.39 is 10.2 Å². The highest BCUT2D eigenvalue weighted by atomic mass is 32.2. The first kappa shape index (κ1) is 16.3. The Balaban J connectivity index is 1.89. The molecule has 8 heteroatoms. The minimum atomic E-state index is -3.45. The van der Waals surface area contributed by atoms with Crippen molar-refractivity contribution in [1.29, 1.82) is 0 Å². The van der Waals surface area contributed by atoms with Crippen molar-refractivity contribution in [1.82, 2.24) is 24.5 Å². The van der Waals surface area contributed by atoms with Gasteiger partial charge in [-0.25, -0.2) is 0 Å². The highest BCUT2D eigenvalue weighted by Gasteiger charge is 2.28. The van der Waals surface area contributed by atoms with E-state index in [0.717, 1.165) is 25.9 Å². The second kappa shape index (κ2) is 7.79. The lowest BCUT2D eigenvalue weighted by atomic mass is 10.00. The van der Waals surface area contributed by atoms with Gasteiger partial charge in [0.15, 0.2) is 0 Å². The molecule has 21 heavy (non-hydrogen) atoms. The van der Waals surface area contributed by atoms with Gasteiger partial charge < -0.3 is 5.32 Å². The summed E-state index contributed by atoms with van der Waals surface area (Å²) >= 11 is 0. The van der Waals surface area contributed by atoms with E-state index in [1.54, 1.807) is 18.3 Å². The van der Waals surface area contributed by atoms with E-state index in [-0.39, 0.29) is 6.54 Å². The molecular formula is C13H23N5O2S. The van der Waals surface area contributed by atoms with Gasteiger partial charge in [-0.05, 0) is 44.0 Å². The van der Waals surface area contributed by atoms with Crippen molar-refractivity contribution in [2.24, 2.45) is 5.92 Å². The molecule has 0 bridgehead atoms. The largest absolute Gasteiger partial charge is 0.317 e. The van der Waals surface area contributed by atoms with E-state index >= 15 is 0 Å². The first-order chi connectivity index (χ1) is 10.1. The third kappa shape index (κ3) is 4.99. The summed E-state index contributed by atoms with van der Waals surface area (Å²) in [6.07, 6.45) is 3.54. The Hall–Kier alpha value is -1.09. The topological polar surface area (TPSA) is 87.2 Å². The maximum atomic E-state index is 12.3. The zero-order valence-corrected chi connectivity index (χ0v) is 13.1. The molecule has 1 unspecified atom stereocenters. The van der Waals surface area contributed by atoms with Crippen LogP contribution in [0, 0.1) is 5.92 Å². The van der Waals surface area contributed by atoms with Gasteiger partial charge in [0.1, 0.15) is 0 Å². The highest BCUT2D eigenvalue weighted by molar-refractivity contribution is 7.87. The molecule has 1 aliphatic rings. The van der Waals surface area contributed by atoms with Gasteiger partial charge in [-0.2, -0.15) is 27.6 Å². The predicted octanol–water partition coefficient (Wildman–Crippen LogP) is 0.133. The molecule has 1 fully saturated rings. The van der Waals surface area contributed by atoms with Gasteiger partial charge in [-0.15, -0.1) is 0 Å². The standard InChI is InChI=1S/C13H23N5O2S/c1-2-14-9-12-5-4-8-18(11-12)21(19,20)16-10-13-6-3-7-15-17-13/h3,6-7,12,14,16H,2,4-5,8-11H2,1H3. The maximum absolute atomic E-state index is 12.3.